The first-order chi connectivity index (χ1) is 17.0. The van der Waals surface area contributed by atoms with E-state index in [1.807, 2.05) is 0 Å². The number of likely N-dealkylation sites (tertiary alicyclic amines) is 1. The molecule has 0 aliphatic carbocycles. The van der Waals surface area contributed by atoms with Gasteiger partial charge < -0.3 is 10.2 Å². The number of hydrogen-bond acceptors (Lipinski definition) is 5. The van der Waals surface area contributed by atoms with Gasteiger partial charge >= 0.3 is 0 Å². The third-order valence-electron chi connectivity index (χ3n) is 7.18. The number of halogens is 2. The van der Waals surface area contributed by atoms with Crippen LogP contribution >= 0.6 is 0 Å². The molecule has 0 radical (unpaired) electrons. The molecular formula is C24H31F2N5O4S. The van der Waals surface area contributed by atoms with Gasteiger partial charge in [-0.25, -0.2) is 8.78 Å². The first-order valence-corrected chi connectivity index (χ1v) is 13.6. The maximum atomic E-state index is 13.4. The molecule has 1 aromatic rings. The Labute approximate surface area is 210 Å². The minimum atomic E-state index is -3.72. The summed E-state index contributed by atoms with van der Waals surface area (Å²) < 4.78 is 55.2. The monoisotopic (exact) mass is 523 g/mol. The molecule has 36 heavy (non-hydrogen) atoms. The van der Waals surface area contributed by atoms with Crippen molar-refractivity contribution in [3.05, 3.63) is 35.4 Å². The quantitative estimate of drug-likeness (QED) is 0.586. The molecule has 9 nitrogen and oxygen atoms in total. The fourth-order valence-electron chi connectivity index (χ4n) is 4.98. The molecule has 4 rings (SSSR count). The van der Waals surface area contributed by atoms with Crippen molar-refractivity contribution in [2.24, 2.45) is 11.8 Å². The summed E-state index contributed by atoms with van der Waals surface area (Å²) in [5.41, 5.74) is 0.567. The average Bonchev–Trinajstić information content (AvgIpc) is 3.31. The number of benzene rings is 1. The molecule has 0 aromatic heterocycles. The van der Waals surface area contributed by atoms with E-state index in [1.165, 1.54) is 20.7 Å². The van der Waals surface area contributed by atoms with Crippen molar-refractivity contribution >= 4 is 22.0 Å². The lowest BCUT2D eigenvalue weighted by atomic mass is 9.97. The first-order valence-electron chi connectivity index (χ1n) is 12.2. The van der Waals surface area contributed by atoms with Gasteiger partial charge in [0.2, 0.25) is 11.8 Å². The molecule has 2 amide bonds. The Hall–Kier alpha value is -2.62. The first kappa shape index (κ1) is 26.4. The van der Waals surface area contributed by atoms with Gasteiger partial charge in [-0.15, -0.1) is 0 Å². The molecule has 0 unspecified atom stereocenters. The van der Waals surface area contributed by atoms with E-state index in [0.717, 1.165) is 6.92 Å². The number of nitriles is 1. The number of amides is 2. The molecule has 196 valence electrons. The lowest BCUT2D eigenvalue weighted by molar-refractivity contribution is -0.142. The summed E-state index contributed by atoms with van der Waals surface area (Å²) in [6, 6.07) is 7.16. The van der Waals surface area contributed by atoms with Crippen molar-refractivity contribution in [2.45, 2.75) is 51.1 Å². The summed E-state index contributed by atoms with van der Waals surface area (Å²) >= 11 is 0. The van der Waals surface area contributed by atoms with E-state index in [1.54, 1.807) is 17.0 Å². The highest BCUT2D eigenvalue weighted by Gasteiger charge is 2.44. The minimum absolute atomic E-state index is 0.0636. The van der Waals surface area contributed by atoms with E-state index in [0.29, 0.717) is 44.3 Å². The van der Waals surface area contributed by atoms with Crippen LogP contribution in [0.4, 0.5) is 8.78 Å². The van der Waals surface area contributed by atoms with Crippen LogP contribution in [0.25, 0.3) is 0 Å². The molecule has 1 aromatic carbocycles. The van der Waals surface area contributed by atoms with Crippen LogP contribution in [0.5, 0.6) is 0 Å². The Bertz CT molecular complexity index is 1130. The number of nitrogens with zero attached hydrogens (tertiary/aromatic N) is 4. The second-order valence-corrected chi connectivity index (χ2v) is 11.8. The smallest absolute Gasteiger partial charge is 0.282 e. The number of hydrogen-bond donors (Lipinski definition) is 1. The van der Waals surface area contributed by atoms with E-state index >= 15 is 0 Å². The van der Waals surface area contributed by atoms with Gasteiger partial charge in [0.15, 0.2) is 0 Å². The van der Waals surface area contributed by atoms with Crippen molar-refractivity contribution in [1.82, 2.24) is 18.8 Å². The fourth-order valence-corrected chi connectivity index (χ4v) is 6.78. The molecule has 3 saturated heterocycles. The van der Waals surface area contributed by atoms with Crippen LogP contribution in [0.1, 0.15) is 43.7 Å². The SMILES string of the molecule is CC(F)(F)c1ccc(CNC(=O)[C@H]2CCCN2C(=O)[C@H]2CCCN(S(=O)(=O)N3CC(C#N)C3)C2)cc1. The van der Waals surface area contributed by atoms with Crippen molar-refractivity contribution in [3.8, 4) is 6.07 Å². The molecule has 3 aliphatic heterocycles. The highest BCUT2D eigenvalue weighted by molar-refractivity contribution is 7.86. The van der Waals surface area contributed by atoms with E-state index < -0.39 is 28.1 Å². The Morgan fingerprint density at radius 3 is 2.39 bits per heavy atom. The Balaban J connectivity index is 1.34. The van der Waals surface area contributed by atoms with Crippen LogP contribution < -0.4 is 5.32 Å². The Morgan fingerprint density at radius 1 is 1.08 bits per heavy atom. The number of rotatable bonds is 7. The summed E-state index contributed by atoms with van der Waals surface area (Å²) in [5, 5.41) is 11.7. The molecule has 0 bridgehead atoms. The molecule has 12 heteroatoms. The van der Waals surface area contributed by atoms with E-state index in [9.17, 15) is 26.8 Å². The molecule has 3 fully saturated rings. The van der Waals surface area contributed by atoms with Crippen molar-refractivity contribution in [1.29, 1.82) is 5.26 Å². The van der Waals surface area contributed by atoms with Crippen LogP contribution in [0, 0.1) is 23.2 Å². The molecule has 3 heterocycles. The van der Waals surface area contributed by atoms with Crippen LogP contribution in [-0.4, -0.2) is 72.5 Å². The van der Waals surface area contributed by atoms with Gasteiger partial charge in [0.1, 0.15) is 6.04 Å². The molecule has 2 atom stereocenters. The second-order valence-electron chi connectivity index (χ2n) is 9.84. The van der Waals surface area contributed by atoms with Crippen LogP contribution in [-0.2, 0) is 32.3 Å². The van der Waals surface area contributed by atoms with Crippen molar-refractivity contribution in [3.63, 3.8) is 0 Å². The van der Waals surface area contributed by atoms with Crippen LogP contribution in [0.2, 0.25) is 0 Å². The predicted octanol–water partition coefficient (Wildman–Crippen LogP) is 1.82. The van der Waals surface area contributed by atoms with Gasteiger partial charge in [-0.05, 0) is 31.2 Å². The lowest BCUT2D eigenvalue weighted by Crippen LogP contribution is -2.57. The normalized spacial score (nSPS) is 24.2. The predicted molar refractivity (Wildman–Crippen MR) is 126 cm³/mol. The second kappa shape index (κ2) is 10.4. The average molecular weight is 524 g/mol. The minimum Gasteiger partial charge on any atom is -0.350 e. The van der Waals surface area contributed by atoms with Gasteiger partial charge in [0.05, 0.1) is 17.9 Å². The summed E-state index contributed by atoms with van der Waals surface area (Å²) in [7, 11) is -3.72. The molecule has 0 saturated carbocycles. The zero-order chi connectivity index (χ0) is 26.1. The van der Waals surface area contributed by atoms with Crippen molar-refractivity contribution in [2.75, 3.05) is 32.7 Å². The molecule has 1 N–H and O–H groups in total. The van der Waals surface area contributed by atoms with Gasteiger partial charge in [-0.1, -0.05) is 24.3 Å². The van der Waals surface area contributed by atoms with Gasteiger partial charge in [-0.2, -0.15) is 22.3 Å². The third-order valence-corrected chi connectivity index (χ3v) is 9.12. The largest absolute Gasteiger partial charge is 0.350 e. The Kier molecular flexibility index (Phi) is 7.64. The van der Waals surface area contributed by atoms with Gasteiger partial charge in [0, 0.05) is 51.8 Å². The highest BCUT2D eigenvalue weighted by atomic mass is 32.2. The van der Waals surface area contributed by atoms with Crippen LogP contribution in [0.15, 0.2) is 24.3 Å². The molecule has 3 aliphatic rings. The zero-order valence-corrected chi connectivity index (χ0v) is 21.0. The van der Waals surface area contributed by atoms with E-state index in [-0.39, 0.29) is 49.5 Å². The molecular weight excluding hydrogens is 492 g/mol. The van der Waals surface area contributed by atoms with Gasteiger partial charge in [0.25, 0.3) is 16.1 Å². The van der Waals surface area contributed by atoms with Crippen molar-refractivity contribution < 1.29 is 26.8 Å². The third kappa shape index (κ3) is 5.53. The fraction of sp³-hybridized carbons (Fsp3) is 0.625. The van der Waals surface area contributed by atoms with Gasteiger partial charge in [-0.3, -0.25) is 9.59 Å². The summed E-state index contributed by atoms with van der Waals surface area (Å²) in [6.07, 6.45) is 2.27. The number of piperidine rings is 1. The number of nitrogens with one attached hydrogen (secondary N) is 1. The van der Waals surface area contributed by atoms with E-state index in [2.05, 4.69) is 11.4 Å². The van der Waals surface area contributed by atoms with Crippen LogP contribution in [0.3, 0.4) is 0 Å². The summed E-state index contributed by atoms with van der Waals surface area (Å²) in [6.45, 7) is 2.14. The highest BCUT2D eigenvalue weighted by Crippen LogP contribution is 2.29. The standard InChI is InChI=1S/C24H31F2N5O4S/c1-24(25,26)20-8-6-17(7-9-20)13-28-22(32)21-5-3-11-31(21)23(33)19-4-2-10-29(16-19)36(34,35)30-14-18(12-27)15-30/h6-9,18-19,21H,2-5,10-11,13-16H2,1H3,(H,28,32)/t19-,21+/m0/s1. The number of carbonyl (C=O) groups excluding carboxylic acids is 2. The maximum Gasteiger partial charge on any atom is 0.282 e. The number of alkyl halides is 2. The number of carbonyl (C=O) groups is 2. The maximum absolute atomic E-state index is 13.4. The summed E-state index contributed by atoms with van der Waals surface area (Å²) in [5.74, 6) is -4.29. The van der Waals surface area contributed by atoms with E-state index in [4.69, 9.17) is 5.26 Å². The summed E-state index contributed by atoms with van der Waals surface area (Å²) in [4.78, 5) is 27.8. The zero-order valence-electron chi connectivity index (χ0n) is 20.2. The lowest BCUT2D eigenvalue weighted by Gasteiger charge is -2.41. The molecule has 0 spiro atoms. The Morgan fingerprint density at radius 2 is 1.75 bits per heavy atom. The topological polar surface area (TPSA) is 114 Å².